The van der Waals surface area contributed by atoms with Gasteiger partial charge in [-0.1, -0.05) is 50.2 Å². The molecule has 1 N–H and O–H groups in total. The number of nitrogens with zero attached hydrogens (tertiary/aromatic N) is 4. The molecule has 4 rings (SSSR count). The van der Waals surface area contributed by atoms with Crippen LogP contribution in [-0.2, 0) is 6.42 Å². The normalized spacial score (nSPS) is 11.1. The zero-order valence-corrected chi connectivity index (χ0v) is 18.6. The maximum Gasteiger partial charge on any atom is 0.268 e. The Labute approximate surface area is 187 Å². The van der Waals surface area contributed by atoms with Crippen LogP contribution in [-0.4, -0.2) is 32.4 Å². The first-order valence-corrected chi connectivity index (χ1v) is 10.8. The highest BCUT2D eigenvalue weighted by atomic mass is 16.4. The Bertz CT molecular complexity index is 1190. The summed E-state index contributed by atoms with van der Waals surface area (Å²) in [5, 5.41) is 15.7. The quantitative estimate of drug-likeness (QED) is 0.410. The molecule has 7 nitrogen and oxygen atoms in total. The second-order valence-electron chi connectivity index (χ2n) is 8.04. The molecule has 1 amide bonds. The van der Waals surface area contributed by atoms with Gasteiger partial charge in [-0.2, -0.15) is 5.10 Å². The Morgan fingerprint density at radius 2 is 1.88 bits per heavy atom. The molecule has 0 aliphatic heterocycles. The minimum Gasteiger partial charge on any atom is -0.420 e. The third-order valence-electron chi connectivity index (χ3n) is 5.20. The molecule has 0 saturated heterocycles. The fraction of sp³-hybridized carbons (Fsp3) is 0.280. The molecule has 0 bridgehead atoms. The number of carbonyl (C=O) groups is 1. The summed E-state index contributed by atoms with van der Waals surface area (Å²) in [7, 11) is 0. The molecule has 0 unspecified atom stereocenters. The third kappa shape index (κ3) is 4.94. The van der Waals surface area contributed by atoms with E-state index in [9.17, 15) is 4.79 Å². The summed E-state index contributed by atoms with van der Waals surface area (Å²) in [6, 6.07) is 19.7. The molecular weight excluding hydrogens is 402 g/mol. The number of hydrogen-bond acceptors (Lipinski definition) is 5. The molecule has 0 fully saturated rings. The Morgan fingerprint density at radius 3 is 2.59 bits per heavy atom. The third-order valence-corrected chi connectivity index (χ3v) is 5.20. The van der Waals surface area contributed by atoms with E-state index in [1.54, 1.807) is 6.92 Å². The number of aromatic nitrogens is 4. The van der Waals surface area contributed by atoms with E-state index < -0.39 is 0 Å². The first-order chi connectivity index (χ1) is 15.5. The first-order valence-electron chi connectivity index (χ1n) is 10.8. The van der Waals surface area contributed by atoms with Crippen molar-refractivity contribution in [3.05, 3.63) is 83.4 Å². The van der Waals surface area contributed by atoms with Crippen molar-refractivity contribution in [2.24, 2.45) is 0 Å². The topological polar surface area (TPSA) is 85.8 Å². The predicted octanol–water partition coefficient (Wildman–Crippen LogP) is 4.72. The van der Waals surface area contributed by atoms with E-state index in [4.69, 9.17) is 4.42 Å². The van der Waals surface area contributed by atoms with Crippen LogP contribution in [0.15, 0.2) is 65.1 Å². The molecule has 0 aliphatic carbocycles. The molecular formula is C25H27N5O2. The fourth-order valence-electron chi connectivity index (χ4n) is 3.54. The average Bonchev–Trinajstić information content (AvgIpc) is 3.44. The van der Waals surface area contributed by atoms with Gasteiger partial charge in [-0.3, -0.25) is 4.79 Å². The molecule has 0 radical (unpaired) electrons. The van der Waals surface area contributed by atoms with Crippen LogP contribution in [0.1, 0.15) is 53.7 Å². The van der Waals surface area contributed by atoms with Gasteiger partial charge < -0.3 is 9.73 Å². The second-order valence-corrected chi connectivity index (χ2v) is 8.04. The van der Waals surface area contributed by atoms with Gasteiger partial charge in [0.25, 0.3) is 11.8 Å². The number of benzene rings is 2. The van der Waals surface area contributed by atoms with Gasteiger partial charge in [0.05, 0.1) is 5.69 Å². The van der Waals surface area contributed by atoms with Crippen molar-refractivity contribution in [3.8, 4) is 17.3 Å². The van der Waals surface area contributed by atoms with Crippen molar-refractivity contribution in [1.82, 2.24) is 25.3 Å². The highest BCUT2D eigenvalue weighted by Gasteiger charge is 2.18. The van der Waals surface area contributed by atoms with Gasteiger partial charge in [0.15, 0.2) is 0 Å². The zero-order valence-electron chi connectivity index (χ0n) is 18.6. The summed E-state index contributed by atoms with van der Waals surface area (Å²) in [5.41, 5.74) is 4.30. The molecule has 0 aliphatic rings. The lowest BCUT2D eigenvalue weighted by atomic mass is 10.1. The largest absolute Gasteiger partial charge is 0.420 e. The standard InChI is InChI=1S/C25H27N5O2/c1-17(2)23-16-22(25-28-27-18(3)32-25)29-30(23)21-13-7-12-20(15-21)24(31)26-14-8-11-19-9-5-4-6-10-19/h4-7,9-10,12-13,15-17H,8,11,14H2,1-3H3,(H,26,31). The van der Waals surface area contributed by atoms with Crippen molar-refractivity contribution < 1.29 is 9.21 Å². The van der Waals surface area contributed by atoms with E-state index in [0.29, 0.717) is 29.6 Å². The van der Waals surface area contributed by atoms with Gasteiger partial charge in [-0.25, -0.2) is 4.68 Å². The molecule has 2 aromatic heterocycles. The predicted molar refractivity (Wildman–Crippen MR) is 123 cm³/mol. The SMILES string of the molecule is Cc1nnc(-c2cc(C(C)C)n(-c3cccc(C(=O)NCCCc4ccccc4)c3)n2)o1. The molecule has 7 heteroatoms. The highest BCUT2D eigenvalue weighted by molar-refractivity contribution is 5.94. The lowest BCUT2D eigenvalue weighted by Gasteiger charge is -2.11. The average molecular weight is 430 g/mol. The van der Waals surface area contributed by atoms with Crippen LogP contribution in [0.2, 0.25) is 0 Å². The van der Waals surface area contributed by atoms with Crippen molar-refractivity contribution in [1.29, 1.82) is 0 Å². The lowest BCUT2D eigenvalue weighted by Crippen LogP contribution is -2.25. The van der Waals surface area contributed by atoms with E-state index in [1.165, 1.54) is 5.56 Å². The van der Waals surface area contributed by atoms with E-state index in [1.807, 2.05) is 53.2 Å². The van der Waals surface area contributed by atoms with Crippen LogP contribution in [0.5, 0.6) is 0 Å². The van der Waals surface area contributed by atoms with Crippen LogP contribution in [0.25, 0.3) is 17.3 Å². The number of aryl methyl sites for hydroxylation is 2. The maximum absolute atomic E-state index is 12.7. The van der Waals surface area contributed by atoms with Gasteiger partial charge in [-0.15, -0.1) is 10.2 Å². The zero-order chi connectivity index (χ0) is 22.5. The Hall–Kier alpha value is -3.74. The van der Waals surface area contributed by atoms with Gasteiger partial charge in [0.2, 0.25) is 5.89 Å². The van der Waals surface area contributed by atoms with Crippen LogP contribution in [0.4, 0.5) is 0 Å². The fourth-order valence-corrected chi connectivity index (χ4v) is 3.54. The Kier molecular flexibility index (Phi) is 6.44. The van der Waals surface area contributed by atoms with Crippen molar-refractivity contribution in [2.45, 2.75) is 39.5 Å². The molecule has 2 heterocycles. The lowest BCUT2D eigenvalue weighted by molar-refractivity contribution is 0.0953. The summed E-state index contributed by atoms with van der Waals surface area (Å²) in [4.78, 5) is 12.7. The summed E-state index contributed by atoms with van der Waals surface area (Å²) >= 11 is 0. The molecule has 0 spiro atoms. The summed E-state index contributed by atoms with van der Waals surface area (Å²) in [6.45, 7) is 6.57. The minimum atomic E-state index is -0.0917. The van der Waals surface area contributed by atoms with Crippen molar-refractivity contribution in [3.63, 3.8) is 0 Å². The van der Waals surface area contributed by atoms with Crippen molar-refractivity contribution >= 4 is 5.91 Å². The van der Waals surface area contributed by atoms with Crippen LogP contribution in [0, 0.1) is 6.92 Å². The number of amides is 1. The molecule has 0 atom stereocenters. The minimum absolute atomic E-state index is 0.0917. The maximum atomic E-state index is 12.7. The highest BCUT2D eigenvalue weighted by Crippen LogP contribution is 2.26. The summed E-state index contributed by atoms with van der Waals surface area (Å²) < 4.78 is 7.38. The van der Waals surface area contributed by atoms with Crippen LogP contribution in [0.3, 0.4) is 0 Å². The first kappa shape index (κ1) is 21.5. The van der Waals surface area contributed by atoms with Gasteiger partial charge in [0.1, 0.15) is 5.69 Å². The van der Waals surface area contributed by atoms with Gasteiger partial charge >= 0.3 is 0 Å². The van der Waals surface area contributed by atoms with Crippen LogP contribution >= 0.6 is 0 Å². The molecule has 2 aromatic carbocycles. The summed E-state index contributed by atoms with van der Waals surface area (Å²) in [5.74, 6) is 1.00. The smallest absolute Gasteiger partial charge is 0.268 e. The number of hydrogen-bond donors (Lipinski definition) is 1. The molecule has 32 heavy (non-hydrogen) atoms. The Balaban J connectivity index is 1.48. The van der Waals surface area contributed by atoms with E-state index in [2.05, 4.69) is 46.6 Å². The number of nitrogens with one attached hydrogen (secondary N) is 1. The second kappa shape index (κ2) is 9.60. The van der Waals surface area contributed by atoms with Gasteiger partial charge in [-0.05, 0) is 48.6 Å². The van der Waals surface area contributed by atoms with E-state index in [-0.39, 0.29) is 11.8 Å². The summed E-state index contributed by atoms with van der Waals surface area (Å²) in [6.07, 6.45) is 1.82. The molecule has 4 aromatic rings. The van der Waals surface area contributed by atoms with Gasteiger partial charge in [0, 0.05) is 24.7 Å². The van der Waals surface area contributed by atoms with E-state index in [0.717, 1.165) is 24.2 Å². The number of carbonyl (C=O) groups excluding carboxylic acids is 1. The molecule has 0 saturated carbocycles. The van der Waals surface area contributed by atoms with Crippen molar-refractivity contribution in [2.75, 3.05) is 6.54 Å². The van der Waals surface area contributed by atoms with E-state index >= 15 is 0 Å². The molecule has 164 valence electrons. The number of rotatable bonds is 8. The Morgan fingerprint density at radius 1 is 1.06 bits per heavy atom. The van der Waals surface area contributed by atoms with Crippen LogP contribution < -0.4 is 5.32 Å². The monoisotopic (exact) mass is 429 g/mol.